The van der Waals surface area contributed by atoms with Gasteiger partial charge in [-0.05, 0) is 19.8 Å². The summed E-state index contributed by atoms with van der Waals surface area (Å²) in [6.45, 7) is 6.28. The van der Waals surface area contributed by atoms with Gasteiger partial charge in [0.25, 0.3) is 0 Å². The van der Waals surface area contributed by atoms with Gasteiger partial charge in [0.05, 0.1) is 6.61 Å². The predicted molar refractivity (Wildman–Crippen MR) is 64.7 cm³/mol. The first-order chi connectivity index (χ1) is 7.63. The molecule has 0 unspecified atom stereocenters. The van der Waals surface area contributed by atoms with E-state index >= 15 is 0 Å². The Morgan fingerprint density at radius 1 is 1.50 bits per heavy atom. The van der Waals surface area contributed by atoms with E-state index in [1.54, 1.807) is 6.92 Å². The molecule has 1 heterocycles. The Hall–Kier alpha value is -0.680. The van der Waals surface area contributed by atoms with Crippen LogP contribution in [-0.2, 0) is 20.3 Å². The quantitative estimate of drug-likeness (QED) is 0.569. The number of carbonyl (C=O) groups excluding carboxylic acids is 1. The van der Waals surface area contributed by atoms with Gasteiger partial charge >= 0.3 is 5.97 Å². The maximum Gasteiger partial charge on any atom is 0.334 e. The number of rotatable bonds is 5. The fourth-order valence-electron chi connectivity index (χ4n) is 1.57. The average molecular weight is 245 g/mol. The van der Waals surface area contributed by atoms with Gasteiger partial charge in [0, 0.05) is 40.5 Å². The van der Waals surface area contributed by atoms with Crippen molar-refractivity contribution >= 4 is 16.8 Å². The molecule has 4 nitrogen and oxygen atoms in total. The molecular weight excluding hydrogens is 226 g/mol. The lowest BCUT2D eigenvalue weighted by Crippen LogP contribution is -2.37. The Kier molecular flexibility index (Phi) is 5.69. The van der Waals surface area contributed by atoms with E-state index in [1.807, 2.05) is 0 Å². The third-order valence-electron chi connectivity index (χ3n) is 2.56. The van der Waals surface area contributed by atoms with Crippen molar-refractivity contribution in [3.05, 3.63) is 12.2 Å². The standard InChI is InChI=1S/C11H19NO3S/c1-3-15-11(13)9(2)8-12-10-4-6-16(14)7-5-10/h10,12H,2-8H2,1H3. The monoisotopic (exact) mass is 245 g/mol. The summed E-state index contributed by atoms with van der Waals surface area (Å²) < 4.78 is 16.0. The predicted octanol–water partition coefficient (Wildman–Crippen LogP) is 0.606. The van der Waals surface area contributed by atoms with Crippen LogP contribution in [0.25, 0.3) is 0 Å². The van der Waals surface area contributed by atoms with Crippen LogP contribution in [-0.4, -0.2) is 40.9 Å². The van der Waals surface area contributed by atoms with Crippen LogP contribution in [0.4, 0.5) is 0 Å². The molecule has 92 valence electrons. The van der Waals surface area contributed by atoms with E-state index in [0.717, 1.165) is 24.3 Å². The molecule has 0 radical (unpaired) electrons. The zero-order valence-electron chi connectivity index (χ0n) is 9.66. The molecule has 1 N–H and O–H groups in total. The largest absolute Gasteiger partial charge is 0.463 e. The summed E-state index contributed by atoms with van der Waals surface area (Å²) in [5, 5.41) is 3.25. The molecule has 1 aliphatic rings. The number of ether oxygens (including phenoxy) is 1. The minimum absolute atomic E-state index is 0.339. The fourth-order valence-corrected chi connectivity index (χ4v) is 2.87. The Balaban J connectivity index is 2.21. The summed E-state index contributed by atoms with van der Waals surface area (Å²) in [5.41, 5.74) is 0.452. The molecule has 0 amide bonds. The summed E-state index contributed by atoms with van der Waals surface area (Å²) in [6.07, 6.45) is 1.81. The lowest BCUT2D eigenvalue weighted by atomic mass is 10.1. The van der Waals surface area contributed by atoms with E-state index in [0.29, 0.717) is 24.8 Å². The second-order valence-corrected chi connectivity index (χ2v) is 5.52. The van der Waals surface area contributed by atoms with E-state index in [2.05, 4.69) is 11.9 Å². The molecule has 5 heteroatoms. The van der Waals surface area contributed by atoms with Crippen LogP contribution in [0, 0.1) is 0 Å². The molecule has 1 fully saturated rings. The van der Waals surface area contributed by atoms with Crippen molar-refractivity contribution in [2.45, 2.75) is 25.8 Å². The first-order valence-corrected chi connectivity index (χ1v) is 7.05. The molecule has 0 saturated carbocycles. The smallest absolute Gasteiger partial charge is 0.334 e. The van der Waals surface area contributed by atoms with Crippen LogP contribution in [0.15, 0.2) is 12.2 Å². The Morgan fingerprint density at radius 2 is 2.12 bits per heavy atom. The summed E-state index contributed by atoms with van der Waals surface area (Å²) >= 11 is 0. The number of esters is 1. The molecule has 0 bridgehead atoms. The molecule has 16 heavy (non-hydrogen) atoms. The summed E-state index contributed by atoms with van der Waals surface area (Å²) in [7, 11) is -0.641. The summed E-state index contributed by atoms with van der Waals surface area (Å²) in [6, 6.07) is 0.351. The van der Waals surface area contributed by atoms with E-state index in [9.17, 15) is 9.00 Å². The molecule has 1 saturated heterocycles. The number of hydrogen-bond donors (Lipinski definition) is 1. The van der Waals surface area contributed by atoms with Gasteiger partial charge in [-0.2, -0.15) is 0 Å². The van der Waals surface area contributed by atoms with Crippen LogP contribution in [0.1, 0.15) is 19.8 Å². The van der Waals surface area contributed by atoms with Gasteiger partial charge in [-0.15, -0.1) is 0 Å². The summed E-state index contributed by atoms with van der Waals surface area (Å²) in [5.74, 6) is 1.17. The van der Waals surface area contributed by atoms with Gasteiger partial charge in [-0.3, -0.25) is 4.21 Å². The van der Waals surface area contributed by atoms with Crippen molar-refractivity contribution in [3.8, 4) is 0 Å². The van der Waals surface area contributed by atoms with Gasteiger partial charge < -0.3 is 10.1 Å². The van der Waals surface area contributed by atoms with Gasteiger partial charge in [0.1, 0.15) is 0 Å². The molecule has 0 aliphatic carbocycles. The van der Waals surface area contributed by atoms with Crippen LogP contribution in [0.3, 0.4) is 0 Å². The van der Waals surface area contributed by atoms with Crippen LogP contribution >= 0.6 is 0 Å². The first-order valence-electron chi connectivity index (χ1n) is 5.56. The van der Waals surface area contributed by atoms with Crippen molar-refractivity contribution in [1.29, 1.82) is 0 Å². The maximum absolute atomic E-state index is 11.3. The minimum Gasteiger partial charge on any atom is -0.463 e. The normalized spacial score (nSPS) is 25.1. The molecule has 0 aromatic heterocycles. The minimum atomic E-state index is -0.641. The molecule has 0 atom stereocenters. The van der Waals surface area contributed by atoms with Crippen molar-refractivity contribution in [1.82, 2.24) is 5.32 Å². The Morgan fingerprint density at radius 3 is 2.69 bits per heavy atom. The molecule has 1 rings (SSSR count). The van der Waals surface area contributed by atoms with Gasteiger partial charge in [0.15, 0.2) is 0 Å². The Labute approximate surface area is 98.9 Å². The topological polar surface area (TPSA) is 55.4 Å². The SMILES string of the molecule is C=C(CNC1CCS(=O)CC1)C(=O)OCC. The molecule has 0 aromatic rings. The molecule has 0 aromatic carbocycles. The number of carbonyl (C=O) groups is 1. The lowest BCUT2D eigenvalue weighted by Gasteiger charge is -2.22. The van der Waals surface area contributed by atoms with Crippen molar-refractivity contribution in [3.63, 3.8) is 0 Å². The van der Waals surface area contributed by atoms with Crippen molar-refractivity contribution in [2.75, 3.05) is 24.7 Å². The number of nitrogens with one attached hydrogen (secondary N) is 1. The van der Waals surface area contributed by atoms with E-state index < -0.39 is 10.8 Å². The van der Waals surface area contributed by atoms with E-state index in [-0.39, 0.29) is 5.97 Å². The van der Waals surface area contributed by atoms with Gasteiger partial charge in [0.2, 0.25) is 0 Å². The third-order valence-corrected chi connectivity index (χ3v) is 3.94. The van der Waals surface area contributed by atoms with Crippen molar-refractivity contribution in [2.24, 2.45) is 0 Å². The van der Waals surface area contributed by atoms with Crippen LogP contribution in [0.5, 0.6) is 0 Å². The number of hydrogen-bond acceptors (Lipinski definition) is 4. The Bertz CT molecular complexity index is 281. The highest BCUT2D eigenvalue weighted by Gasteiger charge is 2.18. The van der Waals surface area contributed by atoms with Gasteiger partial charge in [-0.25, -0.2) is 4.79 Å². The molecule has 0 spiro atoms. The average Bonchev–Trinajstić information content (AvgIpc) is 2.28. The van der Waals surface area contributed by atoms with E-state index in [1.165, 1.54) is 0 Å². The second kappa shape index (κ2) is 6.81. The maximum atomic E-state index is 11.3. The van der Waals surface area contributed by atoms with Crippen LogP contribution < -0.4 is 5.32 Å². The zero-order valence-corrected chi connectivity index (χ0v) is 10.5. The summed E-state index contributed by atoms with van der Waals surface area (Å²) in [4.78, 5) is 11.3. The van der Waals surface area contributed by atoms with E-state index in [4.69, 9.17) is 4.74 Å². The molecular formula is C11H19NO3S. The first kappa shape index (κ1) is 13.4. The highest BCUT2D eigenvalue weighted by Crippen LogP contribution is 2.09. The third kappa shape index (κ3) is 4.45. The second-order valence-electron chi connectivity index (χ2n) is 3.83. The van der Waals surface area contributed by atoms with Crippen molar-refractivity contribution < 1.29 is 13.7 Å². The fraction of sp³-hybridized carbons (Fsp3) is 0.727. The highest BCUT2D eigenvalue weighted by molar-refractivity contribution is 7.85. The van der Waals surface area contributed by atoms with Crippen LogP contribution in [0.2, 0.25) is 0 Å². The molecule has 1 aliphatic heterocycles. The zero-order chi connectivity index (χ0) is 12.0. The van der Waals surface area contributed by atoms with Gasteiger partial charge in [-0.1, -0.05) is 6.58 Å². The highest BCUT2D eigenvalue weighted by atomic mass is 32.2. The lowest BCUT2D eigenvalue weighted by molar-refractivity contribution is -0.138.